The number of nitrogens with zero attached hydrogens (tertiary/aromatic N) is 3. The lowest BCUT2D eigenvalue weighted by Crippen LogP contribution is -2.46. The van der Waals surface area contributed by atoms with Gasteiger partial charge in [0.15, 0.2) is 0 Å². The molecular formula is C22H26ClN3O. The number of para-hydroxylation sites is 2. The molecule has 27 heavy (non-hydrogen) atoms. The van der Waals surface area contributed by atoms with E-state index in [1.807, 2.05) is 24.3 Å². The molecule has 0 spiro atoms. The molecule has 0 bridgehead atoms. The highest BCUT2D eigenvalue weighted by molar-refractivity contribution is 6.31. The number of halogens is 1. The average Bonchev–Trinajstić information content (AvgIpc) is 3.10. The molecule has 1 aromatic heterocycles. The van der Waals surface area contributed by atoms with Gasteiger partial charge in [-0.2, -0.15) is 0 Å². The van der Waals surface area contributed by atoms with Crippen LogP contribution in [0.1, 0.15) is 6.42 Å². The summed E-state index contributed by atoms with van der Waals surface area (Å²) in [5.41, 5.74) is 2.47. The molecule has 0 atom stereocenters. The summed E-state index contributed by atoms with van der Waals surface area (Å²) in [7, 11) is 1.74. The number of rotatable bonds is 6. The lowest BCUT2D eigenvalue weighted by Gasteiger charge is -2.36. The summed E-state index contributed by atoms with van der Waals surface area (Å²) in [5, 5.41) is 2.01. The lowest BCUT2D eigenvalue weighted by molar-refractivity contribution is 0.250. The molecule has 2 heterocycles. The number of anilines is 1. The van der Waals surface area contributed by atoms with Gasteiger partial charge in [-0.3, -0.25) is 4.90 Å². The highest BCUT2D eigenvalue weighted by atomic mass is 35.5. The van der Waals surface area contributed by atoms with E-state index in [9.17, 15) is 0 Å². The number of piperazine rings is 1. The van der Waals surface area contributed by atoms with Crippen LogP contribution < -0.4 is 9.64 Å². The van der Waals surface area contributed by atoms with E-state index in [0.717, 1.165) is 56.5 Å². The number of methoxy groups -OCH3 is 1. The molecule has 0 N–H and O–H groups in total. The number of hydrogen-bond donors (Lipinski definition) is 0. The molecule has 0 radical (unpaired) electrons. The third-order valence-electron chi connectivity index (χ3n) is 5.40. The van der Waals surface area contributed by atoms with E-state index in [1.165, 1.54) is 16.6 Å². The van der Waals surface area contributed by atoms with Crippen molar-refractivity contribution in [3.63, 3.8) is 0 Å². The van der Waals surface area contributed by atoms with Crippen molar-refractivity contribution in [1.29, 1.82) is 0 Å². The van der Waals surface area contributed by atoms with Crippen molar-refractivity contribution >= 4 is 28.2 Å². The third kappa shape index (κ3) is 4.07. The molecule has 3 aromatic rings. The van der Waals surface area contributed by atoms with Crippen LogP contribution in [0.2, 0.25) is 5.02 Å². The topological polar surface area (TPSA) is 20.6 Å². The van der Waals surface area contributed by atoms with Gasteiger partial charge >= 0.3 is 0 Å². The maximum atomic E-state index is 6.08. The van der Waals surface area contributed by atoms with Crippen molar-refractivity contribution in [3.05, 3.63) is 59.8 Å². The van der Waals surface area contributed by atoms with Gasteiger partial charge in [0.25, 0.3) is 0 Å². The van der Waals surface area contributed by atoms with Crippen LogP contribution >= 0.6 is 11.6 Å². The summed E-state index contributed by atoms with van der Waals surface area (Å²) in [4.78, 5) is 4.99. The second kappa shape index (κ2) is 8.24. The van der Waals surface area contributed by atoms with Gasteiger partial charge in [-0.15, -0.1) is 0 Å². The average molecular weight is 384 g/mol. The minimum atomic E-state index is 0.799. The van der Waals surface area contributed by atoms with Gasteiger partial charge < -0.3 is 14.2 Å². The van der Waals surface area contributed by atoms with Crippen molar-refractivity contribution in [1.82, 2.24) is 9.47 Å². The number of aromatic nitrogens is 1. The molecule has 1 aliphatic heterocycles. The summed E-state index contributed by atoms with van der Waals surface area (Å²) >= 11 is 6.08. The Bertz CT molecular complexity index is 899. The van der Waals surface area contributed by atoms with Crippen LogP contribution in [0.15, 0.2) is 54.7 Å². The van der Waals surface area contributed by atoms with Crippen LogP contribution in [-0.2, 0) is 6.54 Å². The fourth-order valence-corrected chi connectivity index (χ4v) is 4.11. The Balaban J connectivity index is 1.28. The first-order chi connectivity index (χ1) is 13.2. The van der Waals surface area contributed by atoms with Crippen molar-refractivity contribution in [2.24, 2.45) is 0 Å². The Morgan fingerprint density at radius 2 is 1.78 bits per heavy atom. The summed E-state index contributed by atoms with van der Waals surface area (Å²) in [6, 6.07) is 16.6. The van der Waals surface area contributed by atoms with Crippen LogP contribution in [0.25, 0.3) is 10.9 Å². The maximum Gasteiger partial charge on any atom is 0.142 e. The molecule has 2 aromatic carbocycles. The molecule has 142 valence electrons. The number of hydrogen-bond acceptors (Lipinski definition) is 3. The van der Waals surface area contributed by atoms with Crippen LogP contribution in [0.3, 0.4) is 0 Å². The SMILES string of the molecule is COc1ccccc1N1CCN(CCCn2ccc3cc(Cl)ccc32)CC1. The molecule has 4 rings (SSSR count). The fourth-order valence-electron chi connectivity index (χ4n) is 3.93. The summed E-state index contributed by atoms with van der Waals surface area (Å²) in [6.07, 6.45) is 3.32. The fraction of sp³-hybridized carbons (Fsp3) is 0.364. The van der Waals surface area contributed by atoms with Crippen molar-refractivity contribution < 1.29 is 4.74 Å². The lowest BCUT2D eigenvalue weighted by atomic mass is 10.2. The molecule has 4 nitrogen and oxygen atoms in total. The molecule has 0 saturated carbocycles. The normalized spacial score (nSPS) is 15.4. The second-order valence-corrected chi connectivity index (χ2v) is 7.50. The molecule has 1 aliphatic rings. The number of fused-ring (bicyclic) bond motifs is 1. The van der Waals surface area contributed by atoms with Gasteiger partial charge in [-0.05, 0) is 49.4 Å². The maximum absolute atomic E-state index is 6.08. The molecule has 0 amide bonds. The Labute approximate surface area is 165 Å². The van der Waals surface area contributed by atoms with E-state index >= 15 is 0 Å². The van der Waals surface area contributed by atoms with Gasteiger partial charge in [0.1, 0.15) is 5.75 Å². The van der Waals surface area contributed by atoms with Crippen LogP contribution in [0.5, 0.6) is 5.75 Å². The molecule has 0 aliphatic carbocycles. The van der Waals surface area contributed by atoms with E-state index in [0.29, 0.717) is 0 Å². The Hall–Kier alpha value is -2.17. The summed E-state index contributed by atoms with van der Waals surface area (Å²) in [5.74, 6) is 0.963. The third-order valence-corrected chi connectivity index (χ3v) is 5.64. The van der Waals surface area contributed by atoms with Crippen LogP contribution in [0.4, 0.5) is 5.69 Å². The van der Waals surface area contributed by atoms with Crippen LogP contribution in [0, 0.1) is 0 Å². The zero-order chi connectivity index (χ0) is 18.6. The van der Waals surface area contributed by atoms with Crippen molar-refractivity contribution in [3.8, 4) is 5.75 Å². The summed E-state index contributed by atoms with van der Waals surface area (Å²) in [6.45, 7) is 6.46. The van der Waals surface area contributed by atoms with Gasteiger partial charge in [-0.25, -0.2) is 0 Å². The zero-order valence-electron chi connectivity index (χ0n) is 15.8. The predicted molar refractivity (Wildman–Crippen MR) is 113 cm³/mol. The molecule has 1 saturated heterocycles. The monoisotopic (exact) mass is 383 g/mol. The first kappa shape index (κ1) is 18.2. The smallest absolute Gasteiger partial charge is 0.142 e. The minimum Gasteiger partial charge on any atom is -0.495 e. The van der Waals surface area contributed by atoms with E-state index in [-0.39, 0.29) is 0 Å². The largest absolute Gasteiger partial charge is 0.495 e. The van der Waals surface area contributed by atoms with Gasteiger partial charge in [0, 0.05) is 54.8 Å². The molecule has 1 fully saturated rings. The van der Waals surface area contributed by atoms with Crippen LogP contribution in [-0.4, -0.2) is 49.3 Å². The van der Waals surface area contributed by atoms with Crippen molar-refractivity contribution in [2.75, 3.05) is 44.7 Å². The Morgan fingerprint density at radius 3 is 2.59 bits per heavy atom. The zero-order valence-corrected chi connectivity index (χ0v) is 16.5. The quantitative estimate of drug-likeness (QED) is 0.624. The Morgan fingerprint density at radius 1 is 0.963 bits per heavy atom. The summed E-state index contributed by atoms with van der Waals surface area (Å²) < 4.78 is 7.84. The highest BCUT2D eigenvalue weighted by Gasteiger charge is 2.19. The second-order valence-electron chi connectivity index (χ2n) is 7.07. The van der Waals surface area contributed by atoms with Gasteiger partial charge in [0.05, 0.1) is 12.8 Å². The first-order valence-corrected chi connectivity index (χ1v) is 9.97. The van der Waals surface area contributed by atoms with E-state index < -0.39 is 0 Å². The minimum absolute atomic E-state index is 0.799. The standard InChI is InChI=1S/C22H26ClN3O/c1-27-22-6-3-2-5-21(22)26-15-13-24(14-16-26)10-4-11-25-12-9-18-17-19(23)7-8-20(18)25/h2-3,5-9,12,17H,4,10-11,13-16H2,1H3. The van der Waals surface area contributed by atoms with Gasteiger partial charge in [0.2, 0.25) is 0 Å². The van der Waals surface area contributed by atoms with E-state index in [4.69, 9.17) is 16.3 Å². The van der Waals surface area contributed by atoms with Gasteiger partial charge in [-0.1, -0.05) is 23.7 Å². The van der Waals surface area contributed by atoms with E-state index in [1.54, 1.807) is 7.11 Å². The first-order valence-electron chi connectivity index (χ1n) is 9.59. The molecule has 5 heteroatoms. The number of benzene rings is 2. The highest BCUT2D eigenvalue weighted by Crippen LogP contribution is 2.28. The Kier molecular flexibility index (Phi) is 5.55. The van der Waals surface area contributed by atoms with E-state index in [2.05, 4.69) is 44.8 Å². The predicted octanol–water partition coefficient (Wildman–Crippen LogP) is 4.52. The number of aryl methyl sites for hydroxylation is 1. The number of ether oxygens (including phenoxy) is 1. The molecule has 0 unspecified atom stereocenters. The molecular weight excluding hydrogens is 358 g/mol. The van der Waals surface area contributed by atoms with Crippen molar-refractivity contribution in [2.45, 2.75) is 13.0 Å².